The second kappa shape index (κ2) is 3.81. The van der Waals surface area contributed by atoms with Crippen LogP contribution >= 0.6 is 0 Å². The molecule has 0 radical (unpaired) electrons. The minimum Gasteiger partial charge on any atom is -0.316 e. The maximum Gasteiger partial charge on any atom is 0.0606 e. The van der Waals surface area contributed by atoms with Gasteiger partial charge in [-0.3, -0.25) is 0 Å². The van der Waals surface area contributed by atoms with Crippen LogP contribution < -0.4 is 34.4 Å². The smallest absolute Gasteiger partial charge is 0.0606 e. The van der Waals surface area contributed by atoms with Crippen molar-refractivity contribution < 1.29 is 0 Å². The highest BCUT2D eigenvalue weighted by atomic mass is 15.0. The average molecular weight is 148 g/mol. The highest BCUT2D eigenvalue weighted by Gasteiger charge is 2.23. The molecule has 6 nitrogen and oxygen atoms in total. The number of nitrogens with two attached hydrogens (primary N) is 6. The fraction of sp³-hybridized carbons (Fsp3) is 1.00. The first kappa shape index (κ1) is 9.76. The summed E-state index contributed by atoms with van der Waals surface area (Å²) in [5.74, 6) is -0.444. The predicted molar refractivity (Wildman–Crippen MR) is 40.0 cm³/mol. The van der Waals surface area contributed by atoms with E-state index in [9.17, 15) is 0 Å². The van der Waals surface area contributed by atoms with Crippen LogP contribution in [0, 0.1) is 5.92 Å². The van der Waals surface area contributed by atoms with Crippen molar-refractivity contribution in [1.82, 2.24) is 0 Å². The van der Waals surface area contributed by atoms with E-state index >= 15 is 0 Å². The molecular weight excluding hydrogens is 132 g/mol. The summed E-state index contributed by atoms with van der Waals surface area (Å²) >= 11 is 0. The van der Waals surface area contributed by atoms with Crippen molar-refractivity contribution in [2.75, 3.05) is 0 Å². The topological polar surface area (TPSA) is 156 Å². The fourth-order valence-corrected chi connectivity index (χ4v) is 0.770. The average Bonchev–Trinajstić information content (AvgIpc) is 1.59. The molecule has 6 heteroatoms. The summed E-state index contributed by atoms with van der Waals surface area (Å²) in [6.07, 6.45) is -2.00. The first-order valence-electron chi connectivity index (χ1n) is 3.00. The van der Waals surface area contributed by atoms with Crippen molar-refractivity contribution >= 4 is 0 Å². The van der Waals surface area contributed by atoms with Gasteiger partial charge in [-0.2, -0.15) is 0 Å². The van der Waals surface area contributed by atoms with Crippen LogP contribution in [0.15, 0.2) is 0 Å². The van der Waals surface area contributed by atoms with Crippen LogP contribution in [0.3, 0.4) is 0 Å². The van der Waals surface area contributed by atoms with Gasteiger partial charge in [-0.25, -0.2) is 0 Å². The van der Waals surface area contributed by atoms with E-state index in [-0.39, 0.29) is 0 Å². The number of rotatable bonds is 3. The lowest BCUT2D eigenvalue weighted by atomic mass is 10.0. The second-order valence-electron chi connectivity index (χ2n) is 2.31. The van der Waals surface area contributed by atoms with Crippen LogP contribution in [0.4, 0.5) is 0 Å². The van der Waals surface area contributed by atoms with E-state index in [0.29, 0.717) is 0 Å². The molecule has 12 N–H and O–H groups in total. The molecule has 10 heavy (non-hydrogen) atoms. The van der Waals surface area contributed by atoms with Gasteiger partial charge in [-0.05, 0) is 0 Å². The molecule has 0 unspecified atom stereocenters. The molecule has 0 spiro atoms. The van der Waals surface area contributed by atoms with Crippen molar-refractivity contribution in [2.24, 2.45) is 40.3 Å². The second-order valence-corrected chi connectivity index (χ2v) is 2.31. The van der Waals surface area contributed by atoms with Gasteiger partial charge >= 0.3 is 0 Å². The normalized spacial score (nSPS) is 12.6. The van der Waals surface area contributed by atoms with Gasteiger partial charge in [-0.1, -0.05) is 0 Å². The number of hydrogen-bond donors (Lipinski definition) is 6. The molecule has 0 aromatic heterocycles. The van der Waals surface area contributed by atoms with Gasteiger partial charge in [0.25, 0.3) is 0 Å². The van der Waals surface area contributed by atoms with Gasteiger partial charge in [0.2, 0.25) is 0 Å². The van der Waals surface area contributed by atoms with Gasteiger partial charge < -0.3 is 34.4 Å². The maximum absolute atomic E-state index is 5.30. The molecule has 0 saturated carbocycles. The van der Waals surface area contributed by atoms with E-state index in [1.807, 2.05) is 0 Å². The Morgan fingerprint density at radius 3 is 0.700 bits per heavy atom. The summed E-state index contributed by atoms with van der Waals surface area (Å²) in [7, 11) is 0. The molecule has 0 aromatic rings. The first-order chi connectivity index (χ1) is 4.46. The minimum absolute atomic E-state index is 0.444. The summed E-state index contributed by atoms with van der Waals surface area (Å²) in [4.78, 5) is 0. The zero-order chi connectivity index (χ0) is 8.31. The Kier molecular flexibility index (Phi) is 3.72. The molecule has 0 heterocycles. The fourth-order valence-electron chi connectivity index (χ4n) is 0.770. The minimum atomic E-state index is -0.667. The van der Waals surface area contributed by atoms with E-state index in [4.69, 9.17) is 34.4 Å². The van der Waals surface area contributed by atoms with E-state index < -0.39 is 24.4 Å². The predicted octanol–water partition coefficient (Wildman–Crippen LogP) is -3.67. The van der Waals surface area contributed by atoms with Gasteiger partial charge in [0.1, 0.15) is 0 Å². The van der Waals surface area contributed by atoms with E-state index in [1.165, 1.54) is 0 Å². The molecule has 0 amide bonds. The molecule has 0 aliphatic rings. The first-order valence-corrected chi connectivity index (χ1v) is 3.00. The Morgan fingerprint density at radius 1 is 0.500 bits per heavy atom. The largest absolute Gasteiger partial charge is 0.316 e. The molecule has 0 rings (SSSR count). The molecule has 0 aromatic carbocycles. The Labute approximate surface area is 59.9 Å². The highest BCUT2D eigenvalue weighted by molar-refractivity contribution is 4.80. The van der Waals surface area contributed by atoms with Crippen LogP contribution in [0.1, 0.15) is 0 Å². The Balaban J connectivity index is 3.98. The Bertz CT molecular complexity index is 70.7. The lowest BCUT2D eigenvalue weighted by Gasteiger charge is -2.26. The summed E-state index contributed by atoms with van der Waals surface area (Å²) in [5.41, 5.74) is 31.8. The third-order valence-electron chi connectivity index (χ3n) is 1.33. The van der Waals surface area contributed by atoms with Crippen molar-refractivity contribution in [3.05, 3.63) is 0 Å². The van der Waals surface area contributed by atoms with Crippen molar-refractivity contribution in [2.45, 2.75) is 18.5 Å². The van der Waals surface area contributed by atoms with Crippen LogP contribution in [-0.4, -0.2) is 18.5 Å². The maximum atomic E-state index is 5.30. The molecule has 0 atom stereocenters. The van der Waals surface area contributed by atoms with Crippen molar-refractivity contribution in [3.8, 4) is 0 Å². The quantitative estimate of drug-likeness (QED) is 0.226. The molecule has 0 aliphatic carbocycles. The van der Waals surface area contributed by atoms with Gasteiger partial charge in [0.15, 0.2) is 0 Å². The van der Waals surface area contributed by atoms with Crippen molar-refractivity contribution in [3.63, 3.8) is 0 Å². The van der Waals surface area contributed by atoms with Crippen LogP contribution in [-0.2, 0) is 0 Å². The van der Waals surface area contributed by atoms with Gasteiger partial charge in [0.05, 0.1) is 18.5 Å². The molecule has 0 fully saturated rings. The van der Waals surface area contributed by atoms with Crippen LogP contribution in [0.5, 0.6) is 0 Å². The lowest BCUT2D eigenvalue weighted by Crippen LogP contribution is -2.61. The summed E-state index contributed by atoms with van der Waals surface area (Å²) in [5, 5.41) is 0. The molecule has 62 valence electrons. The van der Waals surface area contributed by atoms with Gasteiger partial charge in [-0.15, -0.1) is 0 Å². The monoisotopic (exact) mass is 148 g/mol. The third kappa shape index (κ3) is 2.56. The van der Waals surface area contributed by atoms with Crippen molar-refractivity contribution in [1.29, 1.82) is 0 Å². The summed E-state index contributed by atoms with van der Waals surface area (Å²) < 4.78 is 0. The molecule has 0 saturated heterocycles. The lowest BCUT2D eigenvalue weighted by molar-refractivity contribution is 0.304. The highest BCUT2D eigenvalue weighted by Crippen LogP contribution is 1.98. The number of hydrogen-bond acceptors (Lipinski definition) is 6. The third-order valence-corrected chi connectivity index (χ3v) is 1.33. The van der Waals surface area contributed by atoms with Crippen LogP contribution in [0.2, 0.25) is 0 Å². The van der Waals surface area contributed by atoms with E-state index in [2.05, 4.69) is 0 Å². The summed E-state index contributed by atoms with van der Waals surface area (Å²) in [6, 6.07) is 0. The summed E-state index contributed by atoms with van der Waals surface area (Å²) in [6.45, 7) is 0. The Hall–Kier alpha value is -0.240. The van der Waals surface area contributed by atoms with Gasteiger partial charge in [0, 0.05) is 5.92 Å². The zero-order valence-corrected chi connectivity index (χ0v) is 5.77. The molecule has 0 aliphatic heterocycles. The van der Waals surface area contributed by atoms with E-state index in [1.54, 1.807) is 0 Å². The molecular formula is C4H16N6. The molecule has 0 bridgehead atoms. The van der Waals surface area contributed by atoms with E-state index in [0.717, 1.165) is 0 Å². The standard InChI is InChI=1S/C4H16N6/c5-2(6)1(3(7)8)4(9)10/h1-4H,5-10H2. The SMILES string of the molecule is NC(N)C(C(N)N)C(N)N. The zero-order valence-electron chi connectivity index (χ0n) is 5.77. The Morgan fingerprint density at radius 2 is 0.700 bits per heavy atom. The van der Waals surface area contributed by atoms with Crippen LogP contribution in [0.25, 0.3) is 0 Å².